The number of amidine groups is 1. The van der Waals surface area contributed by atoms with Crippen molar-refractivity contribution < 1.29 is 9.90 Å². The van der Waals surface area contributed by atoms with Crippen molar-refractivity contribution in [1.29, 1.82) is 0 Å². The number of aliphatic imine (C=N–C) groups is 1. The average Bonchev–Trinajstić information content (AvgIpc) is 3.33. The van der Waals surface area contributed by atoms with Gasteiger partial charge in [-0.1, -0.05) is 68.1 Å². The fraction of sp³-hybridized carbons (Fsp3) is 0.214. The zero-order valence-electron chi connectivity index (χ0n) is 20.1. The Morgan fingerprint density at radius 1 is 1.00 bits per heavy atom. The molecule has 1 saturated heterocycles. The maximum Gasteiger partial charge on any atom is 0.269 e. The third kappa shape index (κ3) is 4.46. The van der Waals surface area contributed by atoms with E-state index >= 15 is 0 Å². The van der Waals surface area contributed by atoms with Crippen molar-refractivity contribution in [2.45, 2.75) is 38.1 Å². The summed E-state index contributed by atoms with van der Waals surface area (Å²) in [5.41, 5.74) is 4.62. The highest BCUT2D eigenvalue weighted by atomic mass is 32.2. The van der Waals surface area contributed by atoms with Crippen molar-refractivity contribution in [2.75, 3.05) is 11.9 Å². The Bertz CT molecular complexity index is 1370. The third-order valence-corrected chi connectivity index (χ3v) is 8.59. The molecule has 5 rings (SSSR count). The number of carbonyl (C=O) groups is 1. The van der Waals surface area contributed by atoms with E-state index in [1.54, 1.807) is 22.7 Å². The summed E-state index contributed by atoms with van der Waals surface area (Å²) in [4.78, 5) is 24.5. The van der Waals surface area contributed by atoms with E-state index in [1.165, 1.54) is 11.8 Å². The Morgan fingerprint density at radius 3 is 2.43 bits per heavy atom. The maximum absolute atomic E-state index is 13.8. The van der Waals surface area contributed by atoms with Gasteiger partial charge < -0.3 is 10.0 Å². The van der Waals surface area contributed by atoms with Crippen LogP contribution in [0, 0.1) is 6.92 Å². The van der Waals surface area contributed by atoms with Crippen molar-refractivity contribution in [3.05, 3.63) is 93.4 Å². The highest BCUT2D eigenvalue weighted by Gasteiger charge is 2.39. The number of benzene rings is 3. The number of hydrogen-bond donors (Lipinski definition) is 1. The molecule has 35 heavy (non-hydrogen) atoms. The van der Waals surface area contributed by atoms with Gasteiger partial charge in [-0.25, -0.2) is 4.99 Å². The number of aryl methyl sites for hydroxylation is 1. The molecule has 0 radical (unpaired) electrons. The highest BCUT2D eigenvalue weighted by Crippen LogP contribution is 2.50. The Hall–Kier alpha value is -3.16. The SMILES string of the molecule is Cc1cc(O)c(C(C)C)cc1/N=C1\S/C(=C2\Sc3ccccc3N2C)C(=O)N1Cc1ccccc1. The van der Waals surface area contributed by atoms with Crippen LogP contribution in [0.5, 0.6) is 5.75 Å². The quantitative estimate of drug-likeness (QED) is 0.390. The van der Waals surface area contributed by atoms with Gasteiger partial charge in [0.1, 0.15) is 10.7 Å². The lowest BCUT2D eigenvalue weighted by atomic mass is 9.99. The second-order valence-electron chi connectivity index (χ2n) is 8.99. The van der Waals surface area contributed by atoms with E-state index in [1.807, 2.05) is 76.3 Å². The van der Waals surface area contributed by atoms with Gasteiger partial charge in [-0.05, 0) is 65.6 Å². The first kappa shape index (κ1) is 23.6. The standard InChI is InChI=1S/C28H27N3O2S2/c1-17(2)20-15-21(18(3)14-23(20)32)29-28-31(16-19-10-6-5-7-11-19)26(33)25(35-28)27-30(4)22-12-8-9-13-24(22)34-27/h5-15,17,32H,16H2,1-4H3/b27-25-,29-28-. The zero-order chi connectivity index (χ0) is 24.7. The van der Waals surface area contributed by atoms with Crippen LogP contribution in [0.3, 0.4) is 0 Å². The Labute approximate surface area is 214 Å². The molecule has 3 aromatic rings. The van der Waals surface area contributed by atoms with E-state index in [2.05, 4.69) is 17.0 Å². The van der Waals surface area contributed by atoms with E-state index in [0.29, 0.717) is 16.6 Å². The molecular formula is C28H27N3O2S2. The Morgan fingerprint density at radius 2 is 1.71 bits per heavy atom. The molecule has 2 aliphatic rings. The smallest absolute Gasteiger partial charge is 0.269 e. The van der Waals surface area contributed by atoms with Crippen LogP contribution >= 0.6 is 23.5 Å². The lowest BCUT2D eigenvalue weighted by Gasteiger charge is -2.17. The summed E-state index contributed by atoms with van der Waals surface area (Å²) in [6.07, 6.45) is 0. The van der Waals surface area contributed by atoms with Crippen LogP contribution < -0.4 is 4.90 Å². The molecule has 0 spiro atoms. The van der Waals surface area contributed by atoms with Crippen LogP contribution in [0.4, 0.5) is 11.4 Å². The summed E-state index contributed by atoms with van der Waals surface area (Å²) in [5, 5.41) is 12.0. The van der Waals surface area contributed by atoms with Gasteiger partial charge in [-0.3, -0.25) is 9.69 Å². The number of aromatic hydroxyl groups is 1. The molecule has 1 amide bonds. The van der Waals surface area contributed by atoms with Crippen LogP contribution in [-0.4, -0.2) is 28.1 Å². The molecule has 0 atom stereocenters. The number of thioether (sulfide) groups is 2. The number of para-hydroxylation sites is 1. The van der Waals surface area contributed by atoms with Crippen molar-refractivity contribution in [3.8, 4) is 5.75 Å². The first-order chi connectivity index (χ1) is 16.8. The van der Waals surface area contributed by atoms with Crippen LogP contribution in [0.1, 0.15) is 36.5 Å². The minimum atomic E-state index is -0.0414. The van der Waals surface area contributed by atoms with Crippen molar-refractivity contribution in [3.63, 3.8) is 0 Å². The Balaban J connectivity index is 1.59. The van der Waals surface area contributed by atoms with Gasteiger partial charge in [0.15, 0.2) is 5.17 Å². The maximum atomic E-state index is 13.8. The minimum absolute atomic E-state index is 0.0414. The number of phenolic OH excluding ortho intramolecular Hbond substituents is 1. The Kier molecular flexibility index (Phi) is 6.38. The molecule has 5 nitrogen and oxygen atoms in total. The second-order valence-corrected chi connectivity index (χ2v) is 11.0. The molecule has 2 aliphatic heterocycles. The van der Waals surface area contributed by atoms with E-state index in [-0.39, 0.29) is 17.6 Å². The van der Waals surface area contributed by atoms with Gasteiger partial charge in [0.05, 0.1) is 22.9 Å². The predicted octanol–water partition coefficient (Wildman–Crippen LogP) is 7.00. The first-order valence-electron chi connectivity index (χ1n) is 11.5. The summed E-state index contributed by atoms with van der Waals surface area (Å²) < 4.78 is 0. The van der Waals surface area contributed by atoms with Gasteiger partial charge in [0, 0.05) is 11.9 Å². The lowest BCUT2D eigenvalue weighted by Crippen LogP contribution is -2.29. The molecule has 1 N–H and O–H groups in total. The third-order valence-electron chi connectivity index (χ3n) is 6.16. The topological polar surface area (TPSA) is 56.1 Å². The van der Waals surface area contributed by atoms with Gasteiger partial charge in [-0.2, -0.15) is 0 Å². The number of amides is 1. The van der Waals surface area contributed by atoms with Crippen molar-refractivity contribution >= 4 is 46.0 Å². The molecule has 1 fully saturated rings. The zero-order valence-corrected chi connectivity index (χ0v) is 21.8. The molecule has 7 heteroatoms. The fourth-order valence-electron chi connectivity index (χ4n) is 4.21. The molecular weight excluding hydrogens is 474 g/mol. The van der Waals surface area contributed by atoms with Crippen LogP contribution in [0.2, 0.25) is 0 Å². The first-order valence-corrected chi connectivity index (χ1v) is 13.2. The number of phenols is 1. The lowest BCUT2D eigenvalue weighted by molar-refractivity contribution is -0.122. The van der Waals surface area contributed by atoms with Gasteiger partial charge in [0.2, 0.25) is 0 Å². The summed E-state index contributed by atoms with van der Waals surface area (Å²) in [6, 6.07) is 21.9. The van der Waals surface area contributed by atoms with E-state index in [0.717, 1.165) is 38.0 Å². The van der Waals surface area contributed by atoms with Crippen molar-refractivity contribution in [1.82, 2.24) is 4.90 Å². The molecule has 178 valence electrons. The summed E-state index contributed by atoms with van der Waals surface area (Å²) in [5.74, 6) is 0.398. The molecule has 0 aliphatic carbocycles. The molecule has 2 heterocycles. The van der Waals surface area contributed by atoms with E-state index < -0.39 is 0 Å². The summed E-state index contributed by atoms with van der Waals surface area (Å²) in [6.45, 7) is 6.47. The average molecular weight is 502 g/mol. The number of anilines is 1. The number of nitrogens with zero attached hydrogens (tertiary/aromatic N) is 3. The predicted molar refractivity (Wildman–Crippen MR) is 146 cm³/mol. The normalized spacial score (nSPS) is 18.8. The van der Waals surface area contributed by atoms with Gasteiger partial charge in [0.25, 0.3) is 5.91 Å². The monoisotopic (exact) mass is 501 g/mol. The van der Waals surface area contributed by atoms with Gasteiger partial charge in [-0.15, -0.1) is 0 Å². The number of hydrogen-bond acceptors (Lipinski definition) is 6. The number of carbonyl (C=O) groups excluding carboxylic acids is 1. The molecule has 0 unspecified atom stereocenters. The summed E-state index contributed by atoms with van der Waals surface area (Å²) in [7, 11) is 2.00. The molecule has 0 aromatic heterocycles. The van der Waals surface area contributed by atoms with Crippen LogP contribution in [0.15, 0.2) is 86.6 Å². The molecule has 0 saturated carbocycles. The second kappa shape index (κ2) is 9.47. The number of fused-ring (bicyclic) bond motifs is 1. The van der Waals surface area contributed by atoms with E-state index in [9.17, 15) is 9.90 Å². The molecule has 0 bridgehead atoms. The van der Waals surface area contributed by atoms with Gasteiger partial charge >= 0.3 is 0 Å². The van der Waals surface area contributed by atoms with Crippen molar-refractivity contribution in [2.24, 2.45) is 4.99 Å². The summed E-state index contributed by atoms with van der Waals surface area (Å²) >= 11 is 3.04. The van der Waals surface area contributed by atoms with E-state index in [4.69, 9.17) is 4.99 Å². The molecule has 3 aromatic carbocycles. The largest absolute Gasteiger partial charge is 0.508 e. The number of rotatable bonds is 4. The highest BCUT2D eigenvalue weighted by molar-refractivity contribution is 8.19. The van der Waals surface area contributed by atoms with Crippen LogP contribution in [0.25, 0.3) is 0 Å². The van der Waals surface area contributed by atoms with Crippen LogP contribution in [-0.2, 0) is 11.3 Å². The minimum Gasteiger partial charge on any atom is -0.508 e. The fourth-order valence-corrected chi connectivity index (χ4v) is 6.54.